The Morgan fingerprint density at radius 1 is 0.667 bits per heavy atom. The fraction of sp³-hybridized carbons (Fsp3) is 0.118. The van der Waals surface area contributed by atoms with Crippen LogP contribution in [0.2, 0.25) is 0 Å². The summed E-state index contributed by atoms with van der Waals surface area (Å²) >= 11 is 0. The molecule has 0 fully saturated rings. The summed E-state index contributed by atoms with van der Waals surface area (Å²) in [4.78, 5) is 3.46. The quantitative estimate of drug-likeness (QED) is 0.499. The zero-order valence-electron chi connectivity index (χ0n) is 11.9. The lowest BCUT2D eigenvalue weighted by atomic mass is 9.94. The van der Waals surface area contributed by atoms with Crippen LogP contribution in [0.3, 0.4) is 0 Å². The van der Waals surface area contributed by atoms with Crippen molar-refractivity contribution in [1.29, 1.82) is 0 Å². The minimum atomic E-state index is -4.74. The van der Waals surface area contributed by atoms with Crippen molar-refractivity contribution in [1.82, 2.24) is 4.98 Å². The minimum absolute atomic E-state index is 0.177. The predicted molar refractivity (Wildman–Crippen MR) is 77.2 cm³/mol. The molecule has 0 spiro atoms. The van der Waals surface area contributed by atoms with Crippen LogP contribution < -0.4 is 0 Å². The summed E-state index contributed by atoms with van der Waals surface area (Å²) in [5.74, 6) is 0. The molecule has 0 atom stereocenters. The molecule has 0 N–H and O–H groups in total. The number of hydrogen-bond acceptors (Lipinski definition) is 1. The van der Waals surface area contributed by atoms with Crippen molar-refractivity contribution in [2.75, 3.05) is 0 Å². The minimum Gasteiger partial charge on any atom is -0.255 e. The molecule has 0 saturated heterocycles. The molecule has 0 saturated carbocycles. The normalized spacial score (nSPS) is 12.6. The van der Waals surface area contributed by atoms with Gasteiger partial charge in [-0.05, 0) is 11.6 Å². The van der Waals surface area contributed by atoms with Gasteiger partial charge in [0.05, 0.1) is 16.6 Å². The summed E-state index contributed by atoms with van der Waals surface area (Å²) in [6, 6.07) is 10.6. The summed E-state index contributed by atoms with van der Waals surface area (Å²) in [5.41, 5.74) is -2.76. The van der Waals surface area contributed by atoms with Crippen LogP contribution in [0.25, 0.3) is 22.0 Å². The van der Waals surface area contributed by atoms with Crippen molar-refractivity contribution in [3.05, 3.63) is 65.9 Å². The van der Waals surface area contributed by atoms with Gasteiger partial charge in [0.2, 0.25) is 0 Å². The van der Waals surface area contributed by atoms with Crippen LogP contribution >= 0.6 is 0 Å². The van der Waals surface area contributed by atoms with E-state index in [1.807, 2.05) is 0 Å². The van der Waals surface area contributed by atoms with E-state index in [1.165, 1.54) is 30.3 Å². The van der Waals surface area contributed by atoms with Gasteiger partial charge in [-0.1, -0.05) is 42.5 Å². The van der Waals surface area contributed by atoms with E-state index >= 15 is 0 Å². The third kappa shape index (κ3) is 2.81. The molecule has 0 amide bonds. The molecule has 1 heterocycles. The van der Waals surface area contributed by atoms with E-state index < -0.39 is 29.0 Å². The van der Waals surface area contributed by atoms with Crippen molar-refractivity contribution in [3.63, 3.8) is 0 Å². The van der Waals surface area contributed by atoms with Gasteiger partial charge in [0, 0.05) is 17.1 Å². The summed E-state index contributed by atoms with van der Waals surface area (Å²) < 4.78 is 79.4. The van der Waals surface area contributed by atoms with Crippen molar-refractivity contribution >= 4 is 10.9 Å². The highest BCUT2D eigenvalue weighted by Gasteiger charge is 2.38. The Morgan fingerprint density at radius 2 is 1.29 bits per heavy atom. The van der Waals surface area contributed by atoms with Gasteiger partial charge < -0.3 is 0 Å². The number of nitrogens with zero attached hydrogens (tertiary/aromatic N) is 1. The summed E-state index contributed by atoms with van der Waals surface area (Å²) in [6.45, 7) is 0. The Bertz CT molecular complexity index is 881. The van der Waals surface area contributed by atoms with E-state index in [9.17, 15) is 26.3 Å². The molecule has 0 radical (unpaired) electrons. The molecular formula is C17H9F6N. The molecule has 0 unspecified atom stereocenters. The van der Waals surface area contributed by atoms with Crippen molar-refractivity contribution in [2.45, 2.75) is 12.4 Å². The van der Waals surface area contributed by atoms with Crippen LogP contribution in [0.4, 0.5) is 26.3 Å². The van der Waals surface area contributed by atoms with Gasteiger partial charge >= 0.3 is 12.4 Å². The van der Waals surface area contributed by atoms with Crippen molar-refractivity contribution in [2.24, 2.45) is 0 Å². The van der Waals surface area contributed by atoms with Crippen LogP contribution in [0, 0.1) is 0 Å². The van der Waals surface area contributed by atoms with Crippen LogP contribution in [0.15, 0.2) is 54.7 Å². The zero-order valence-corrected chi connectivity index (χ0v) is 11.9. The number of benzene rings is 2. The fourth-order valence-corrected chi connectivity index (χ4v) is 2.58. The Hall–Kier alpha value is -2.57. The van der Waals surface area contributed by atoms with Gasteiger partial charge in [-0.2, -0.15) is 26.3 Å². The molecule has 0 aliphatic heterocycles. The molecular weight excluding hydrogens is 332 g/mol. The highest BCUT2D eigenvalue weighted by molar-refractivity contribution is 5.97. The number of fused-ring (bicyclic) bond motifs is 1. The second-order valence-corrected chi connectivity index (χ2v) is 5.11. The second-order valence-electron chi connectivity index (χ2n) is 5.11. The van der Waals surface area contributed by atoms with Gasteiger partial charge in [-0.15, -0.1) is 0 Å². The first-order chi connectivity index (χ1) is 11.2. The SMILES string of the molecule is FC(F)(F)c1cnc2c(C(F)(F)F)cccc2c1-c1ccccc1. The highest BCUT2D eigenvalue weighted by atomic mass is 19.4. The van der Waals surface area contributed by atoms with E-state index in [1.54, 1.807) is 6.07 Å². The summed E-state index contributed by atoms with van der Waals surface area (Å²) in [6.07, 6.45) is -8.99. The van der Waals surface area contributed by atoms with Gasteiger partial charge in [-0.25, -0.2) is 0 Å². The number of pyridine rings is 1. The molecule has 124 valence electrons. The molecule has 24 heavy (non-hydrogen) atoms. The number of rotatable bonds is 1. The first kappa shape index (κ1) is 16.3. The third-order valence-electron chi connectivity index (χ3n) is 3.57. The molecule has 0 bridgehead atoms. The lowest BCUT2D eigenvalue weighted by Crippen LogP contribution is -2.11. The maximum atomic E-state index is 13.3. The Morgan fingerprint density at radius 3 is 1.88 bits per heavy atom. The smallest absolute Gasteiger partial charge is 0.255 e. The van der Waals surface area contributed by atoms with E-state index in [4.69, 9.17) is 0 Å². The van der Waals surface area contributed by atoms with E-state index in [0.717, 1.165) is 12.1 Å². The summed E-state index contributed by atoms with van der Waals surface area (Å²) in [5, 5.41) is -0.189. The maximum Gasteiger partial charge on any atom is 0.418 e. The lowest BCUT2D eigenvalue weighted by molar-refractivity contribution is -0.137. The highest BCUT2D eigenvalue weighted by Crippen LogP contribution is 2.43. The molecule has 3 aromatic rings. The Balaban J connectivity index is 2.45. The monoisotopic (exact) mass is 341 g/mol. The fourth-order valence-electron chi connectivity index (χ4n) is 2.58. The first-order valence-electron chi connectivity index (χ1n) is 6.81. The van der Waals surface area contributed by atoms with Crippen LogP contribution in [0.1, 0.15) is 11.1 Å². The number of hydrogen-bond donors (Lipinski definition) is 0. The molecule has 1 aromatic heterocycles. The zero-order chi connectivity index (χ0) is 17.5. The van der Waals surface area contributed by atoms with E-state index in [-0.39, 0.29) is 16.5 Å². The average Bonchev–Trinajstić information content (AvgIpc) is 2.52. The lowest BCUT2D eigenvalue weighted by Gasteiger charge is -2.17. The standard InChI is InChI=1S/C17H9F6N/c18-16(19,20)12-8-4-7-11-14(10-5-2-1-3-6-10)13(17(21,22)23)9-24-15(11)12/h1-9H. The van der Waals surface area contributed by atoms with Gasteiger partial charge in [0.25, 0.3) is 0 Å². The molecule has 0 aliphatic rings. The number of alkyl halides is 6. The van der Waals surface area contributed by atoms with E-state index in [0.29, 0.717) is 6.20 Å². The number of halogens is 6. The van der Waals surface area contributed by atoms with Crippen molar-refractivity contribution < 1.29 is 26.3 Å². The Kier molecular flexibility index (Phi) is 3.74. The Labute approximate surface area is 132 Å². The van der Waals surface area contributed by atoms with Crippen molar-refractivity contribution in [3.8, 4) is 11.1 Å². The third-order valence-corrected chi connectivity index (χ3v) is 3.57. The largest absolute Gasteiger partial charge is 0.418 e. The topological polar surface area (TPSA) is 12.9 Å². The first-order valence-corrected chi connectivity index (χ1v) is 6.81. The summed E-state index contributed by atoms with van der Waals surface area (Å²) in [7, 11) is 0. The maximum absolute atomic E-state index is 13.3. The number of para-hydroxylation sites is 1. The van der Waals surface area contributed by atoms with Gasteiger partial charge in [0.15, 0.2) is 0 Å². The van der Waals surface area contributed by atoms with Crippen LogP contribution in [0.5, 0.6) is 0 Å². The number of aromatic nitrogens is 1. The van der Waals surface area contributed by atoms with Gasteiger partial charge in [0.1, 0.15) is 0 Å². The molecule has 3 rings (SSSR count). The molecule has 1 nitrogen and oxygen atoms in total. The molecule has 2 aromatic carbocycles. The van der Waals surface area contributed by atoms with Crippen LogP contribution in [-0.4, -0.2) is 4.98 Å². The average molecular weight is 341 g/mol. The predicted octanol–water partition coefficient (Wildman–Crippen LogP) is 5.94. The molecule has 7 heteroatoms. The molecule has 0 aliphatic carbocycles. The van der Waals surface area contributed by atoms with Gasteiger partial charge in [-0.3, -0.25) is 4.98 Å². The van der Waals surface area contributed by atoms with Crippen LogP contribution in [-0.2, 0) is 12.4 Å². The second kappa shape index (κ2) is 5.51. The van der Waals surface area contributed by atoms with E-state index in [2.05, 4.69) is 4.98 Å².